The van der Waals surface area contributed by atoms with Crippen LogP contribution in [0.15, 0.2) is 48.5 Å². The fourth-order valence-corrected chi connectivity index (χ4v) is 3.01. The molecule has 2 aromatic carbocycles. The van der Waals surface area contributed by atoms with Gasteiger partial charge in [0.25, 0.3) is 0 Å². The highest BCUT2D eigenvalue weighted by Gasteiger charge is 2.13. The van der Waals surface area contributed by atoms with Gasteiger partial charge in [-0.25, -0.2) is 0 Å². The average Bonchev–Trinajstić information content (AvgIpc) is 2.59. The summed E-state index contributed by atoms with van der Waals surface area (Å²) in [6, 6.07) is 18.9. The highest BCUT2D eigenvalue weighted by Crippen LogP contribution is 2.28. The maximum absolute atomic E-state index is 9.67. The van der Waals surface area contributed by atoms with Crippen LogP contribution in [0.2, 0.25) is 0 Å². The minimum atomic E-state index is 0.679. The average molecular weight is 291 g/mol. The zero-order valence-corrected chi connectivity index (χ0v) is 13.7. The molecule has 114 valence electrons. The molecule has 1 heteroatoms. The van der Waals surface area contributed by atoms with Crippen LogP contribution >= 0.6 is 0 Å². The Morgan fingerprint density at radius 2 is 1.77 bits per heavy atom. The Morgan fingerprint density at radius 3 is 2.41 bits per heavy atom. The van der Waals surface area contributed by atoms with Crippen molar-refractivity contribution in [1.29, 1.82) is 5.26 Å². The molecule has 0 fully saturated rings. The topological polar surface area (TPSA) is 23.8 Å². The molecule has 2 aromatic rings. The fourth-order valence-electron chi connectivity index (χ4n) is 3.01. The summed E-state index contributed by atoms with van der Waals surface area (Å²) in [4.78, 5) is 0. The summed E-state index contributed by atoms with van der Waals surface area (Å²) in [7, 11) is 0. The van der Waals surface area contributed by atoms with Crippen LogP contribution in [-0.2, 0) is 6.42 Å². The van der Waals surface area contributed by atoms with Crippen molar-refractivity contribution in [2.45, 2.75) is 46.0 Å². The Labute approximate surface area is 134 Å². The molecule has 0 aliphatic carbocycles. The summed E-state index contributed by atoms with van der Waals surface area (Å²) >= 11 is 0. The standard InChI is InChI=1S/C21H25N/c1-3-5-10-17(4-2)15-19-13-9-14-20(21(19)16-22)18-11-7-6-8-12-18/h6-9,11-14,17H,3-5,10,15H2,1-2H3. The zero-order chi connectivity index (χ0) is 15.8. The molecular formula is C21H25N. The van der Waals surface area contributed by atoms with E-state index >= 15 is 0 Å². The van der Waals surface area contributed by atoms with E-state index in [4.69, 9.17) is 0 Å². The van der Waals surface area contributed by atoms with Gasteiger partial charge in [-0.1, -0.05) is 88.1 Å². The number of nitrogens with zero attached hydrogens (tertiary/aromatic N) is 1. The van der Waals surface area contributed by atoms with Gasteiger partial charge in [0.2, 0.25) is 0 Å². The van der Waals surface area contributed by atoms with Crippen molar-refractivity contribution >= 4 is 0 Å². The molecule has 0 amide bonds. The Bertz CT molecular complexity index is 622. The van der Waals surface area contributed by atoms with Crippen molar-refractivity contribution in [3.05, 3.63) is 59.7 Å². The molecular weight excluding hydrogens is 266 g/mol. The van der Waals surface area contributed by atoms with Crippen LogP contribution in [0.4, 0.5) is 0 Å². The van der Waals surface area contributed by atoms with Gasteiger partial charge in [-0.3, -0.25) is 0 Å². The van der Waals surface area contributed by atoms with Crippen LogP contribution in [-0.4, -0.2) is 0 Å². The third kappa shape index (κ3) is 3.98. The largest absolute Gasteiger partial charge is 0.192 e. The van der Waals surface area contributed by atoms with Gasteiger partial charge in [-0.2, -0.15) is 5.26 Å². The lowest BCUT2D eigenvalue weighted by Gasteiger charge is -2.17. The predicted molar refractivity (Wildman–Crippen MR) is 93.6 cm³/mol. The van der Waals surface area contributed by atoms with Gasteiger partial charge in [0, 0.05) is 0 Å². The number of hydrogen-bond acceptors (Lipinski definition) is 1. The van der Waals surface area contributed by atoms with Gasteiger partial charge < -0.3 is 0 Å². The number of unbranched alkanes of at least 4 members (excludes halogenated alkanes) is 1. The van der Waals surface area contributed by atoms with Gasteiger partial charge in [0.05, 0.1) is 5.56 Å². The Kier molecular flexibility index (Phi) is 6.22. The van der Waals surface area contributed by atoms with Gasteiger partial charge >= 0.3 is 0 Å². The molecule has 0 aromatic heterocycles. The molecule has 0 N–H and O–H groups in total. The summed E-state index contributed by atoms with van der Waals surface area (Å²) in [5.41, 5.74) is 4.24. The quantitative estimate of drug-likeness (QED) is 0.615. The molecule has 0 heterocycles. The zero-order valence-electron chi connectivity index (χ0n) is 13.7. The van der Waals surface area contributed by atoms with Crippen LogP contribution in [0.1, 0.15) is 50.7 Å². The van der Waals surface area contributed by atoms with Gasteiger partial charge in [0.1, 0.15) is 6.07 Å². The predicted octanol–water partition coefficient (Wildman–Crippen LogP) is 5.98. The van der Waals surface area contributed by atoms with Crippen LogP contribution in [0.3, 0.4) is 0 Å². The van der Waals surface area contributed by atoms with E-state index in [9.17, 15) is 5.26 Å². The van der Waals surface area contributed by atoms with Crippen LogP contribution in [0.5, 0.6) is 0 Å². The third-order valence-corrected chi connectivity index (χ3v) is 4.40. The third-order valence-electron chi connectivity index (χ3n) is 4.40. The van der Waals surface area contributed by atoms with Gasteiger partial charge in [-0.15, -0.1) is 0 Å². The normalized spacial score (nSPS) is 11.9. The summed E-state index contributed by atoms with van der Waals surface area (Å²) in [5.74, 6) is 0.679. The minimum Gasteiger partial charge on any atom is -0.192 e. The van der Waals surface area contributed by atoms with Crippen molar-refractivity contribution in [3.63, 3.8) is 0 Å². The molecule has 0 saturated carbocycles. The van der Waals surface area contributed by atoms with Crippen molar-refractivity contribution in [3.8, 4) is 17.2 Å². The van der Waals surface area contributed by atoms with Crippen LogP contribution < -0.4 is 0 Å². The van der Waals surface area contributed by atoms with E-state index in [-0.39, 0.29) is 0 Å². The molecule has 1 nitrogen and oxygen atoms in total. The molecule has 1 atom stereocenters. The second-order valence-corrected chi connectivity index (χ2v) is 5.94. The first-order valence-corrected chi connectivity index (χ1v) is 8.37. The Balaban J connectivity index is 2.31. The smallest absolute Gasteiger partial charge is 0.100 e. The Morgan fingerprint density at radius 1 is 1.00 bits per heavy atom. The number of benzene rings is 2. The lowest BCUT2D eigenvalue weighted by Crippen LogP contribution is -2.05. The number of rotatable bonds is 7. The number of nitriles is 1. The summed E-state index contributed by atoms with van der Waals surface area (Å²) in [6.07, 6.45) is 5.97. The van der Waals surface area contributed by atoms with E-state index < -0.39 is 0 Å². The maximum atomic E-state index is 9.67. The van der Waals surface area contributed by atoms with E-state index in [2.05, 4.69) is 50.2 Å². The molecule has 0 saturated heterocycles. The molecule has 22 heavy (non-hydrogen) atoms. The second kappa shape index (κ2) is 8.39. The molecule has 0 radical (unpaired) electrons. The molecule has 0 aliphatic heterocycles. The van der Waals surface area contributed by atoms with Crippen molar-refractivity contribution in [2.24, 2.45) is 5.92 Å². The second-order valence-electron chi connectivity index (χ2n) is 5.94. The maximum Gasteiger partial charge on any atom is 0.100 e. The lowest BCUT2D eigenvalue weighted by molar-refractivity contribution is 0.449. The molecule has 1 unspecified atom stereocenters. The molecule has 0 bridgehead atoms. The first-order chi connectivity index (χ1) is 10.8. The summed E-state index contributed by atoms with van der Waals surface area (Å²) < 4.78 is 0. The van der Waals surface area contributed by atoms with Gasteiger partial charge in [-0.05, 0) is 29.0 Å². The molecule has 2 rings (SSSR count). The summed E-state index contributed by atoms with van der Waals surface area (Å²) in [6.45, 7) is 4.50. The van der Waals surface area contributed by atoms with Crippen molar-refractivity contribution in [2.75, 3.05) is 0 Å². The van der Waals surface area contributed by atoms with E-state index in [0.29, 0.717) is 5.92 Å². The van der Waals surface area contributed by atoms with E-state index in [0.717, 1.165) is 23.1 Å². The highest BCUT2D eigenvalue weighted by molar-refractivity contribution is 5.72. The lowest BCUT2D eigenvalue weighted by atomic mass is 9.87. The number of hydrogen-bond donors (Lipinski definition) is 0. The monoisotopic (exact) mass is 291 g/mol. The van der Waals surface area contributed by atoms with Crippen molar-refractivity contribution in [1.82, 2.24) is 0 Å². The Hall–Kier alpha value is -2.07. The molecule has 0 spiro atoms. The van der Waals surface area contributed by atoms with E-state index in [1.54, 1.807) is 0 Å². The van der Waals surface area contributed by atoms with Crippen molar-refractivity contribution < 1.29 is 0 Å². The van der Waals surface area contributed by atoms with Gasteiger partial charge in [0.15, 0.2) is 0 Å². The van der Waals surface area contributed by atoms with E-state index in [1.807, 2.05) is 18.2 Å². The summed E-state index contributed by atoms with van der Waals surface area (Å²) in [5, 5.41) is 9.67. The van der Waals surface area contributed by atoms with Crippen LogP contribution in [0, 0.1) is 17.2 Å². The van der Waals surface area contributed by atoms with Crippen LogP contribution in [0.25, 0.3) is 11.1 Å². The molecule has 0 aliphatic rings. The first-order valence-electron chi connectivity index (χ1n) is 8.37. The highest BCUT2D eigenvalue weighted by atomic mass is 14.3. The SMILES string of the molecule is CCCCC(CC)Cc1cccc(-c2ccccc2)c1C#N. The fraction of sp³-hybridized carbons (Fsp3) is 0.381. The minimum absolute atomic E-state index is 0.679. The first kappa shape index (κ1) is 16.3. The van der Waals surface area contributed by atoms with E-state index in [1.165, 1.54) is 31.2 Å².